The van der Waals surface area contributed by atoms with Crippen LogP contribution >= 0.6 is 27.3 Å². The Morgan fingerprint density at radius 2 is 2.32 bits per heavy atom. The smallest absolute Gasteiger partial charge is 0.311 e. The van der Waals surface area contributed by atoms with Crippen LogP contribution in [0.15, 0.2) is 33.2 Å². The van der Waals surface area contributed by atoms with Crippen LogP contribution in [0.3, 0.4) is 0 Å². The summed E-state index contributed by atoms with van der Waals surface area (Å²) >= 11 is 4.79. The van der Waals surface area contributed by atoms with Crippen LogP contribution in [0.2, 0.25) is 0 Å². The van der Waals surface area contributed by atoms with Gasteiger partial charge < -0.3 is 9.47 Å². The number of halogens is 1. The van der Waals surface area contributed by atoms with Gasteiger partial charge in [-0.1, -0.05) is 0 Å². The second kappa shape index (κ2) is 7.90. The van der Waals surface area contributed by atoms with Gasteiger partial charge >= 0.3 is 5.97 Å². The van der Waals surface area contributed by atoms with Crippen molar-refractivity contribution in [2.75, 3.05) is 19.6 Å². The first-order valence-electron chi connectivity index (χ1n) is 6.26. The lowest BCUT2D eigenvalue weighted by Crippen LogP contribution is -2.04. The zero-order valence-electron chi connectivity index (χ0n) is 12.0. The molecule has 0 aliphatic rings. The molecule has 2 aromatic rings. The summed E-state index contributed by atoms with van der Waals surface area (Å²) in [7, 11) is 2.97. The Labute approximate surface area is 140 Å². The molecule has 0 aliphatic heterocycles. The summed E-state index contributed by atoms with van der Waals surface area (Å²) in [6, 6.07) is 5.64. The van der Waals surface area contributed by atoms with E-state index in [2.05, 4.69) is 36.2 Å². The fraction of sp³-hybridized carbons (Fsp3) is 0.214. The van der Waals surface area contributed by atoms with Crippen molar-refractivity contribution < 1.29 is 14.3 Å². The number of methoxy groups -OCH3 is 2. The first kappa shape index (κ1) is 16.4. The number of nitrogens with zero attached hydrogens (tertiary/aromatic N) is 2. The molecule has 1 aromatic carbocycles. The van der Waals surface area contributed by atoms with E-state index in [-0.39, 0.29) is 12.4 Å². The lowest BCUT2D eigenvalue weighted by Gasteiger charge is -2.03. The molecule has 1 aromatic heterocycles. The highest BCUT2D eigenvalue weighted by Gasteiger charge is 2.07. The van der Waals surface area contributed by atoms with Crippen LogP contribution < -0.4 is 10.2 Å². The van der Waals surface area contributed by atoms with Crippen molar-refractivity contribution in [3.63, 3.8) is 0 Å². The van der Waals surface area contributed by atoms with E-state index < -0.39 is 0 Å². The predicted octanol–water partition coefficient (Wildman–Crippen LogP) is 3.08. The molecule has 1 N–H and O–H groups in total. The Hall–Kier alpha value is -1.93. The SMILES string of the molecule is COC(=O)Cc1csc(N/N=C\c2ccc(OC)c(Br)c2)n1. The average molecular weight is 384 g/mol. The van der Waals surface area contributed by atoms with E-state index in [9.17, 15) is 4.79 Å². The number of anilines is 1. The molecule has 0 spiro atoms. The summed E-state index contributed by atoms with van der Waals surface area (Å²) in [6.07, 6.45) is 1.83. The Kier molecular flexibility index (Phi) is 5.91. The maximum absolute atomic E-state index is 11.2. The van der Waals surface area contributed by atoms with Crippen molar-refractivity contribution in [2.45, 2.75) is 6.42 Å². The fourth-order valence-corrected chi connectivity index (χ4v) is 2.80. The first-order chi connectivity index (χ1) is 10.6. The highest BCUT2D eigenvalue weighted by molar-refractivity contribution is 9.10. The molecule has 0 unspecified atom stereocenters. The Morgan fingerprint density at radius 3 is 3.00 bits per heavy atom. The van der Waals surface area contributed by atoms with E-state index in [1.54, 1.807) is 18.7 Å². The zero-order valence-corrected chi connectivity index (χ0v) is 14.4. The highest BCUT2D eigenvalue weighted by Crippen LogP contribution is 2.24. The number of esters is 1. The quantitative estimate of drug-likeness (QED) is 0.471. The van der Waals surface area contributed by atoms with Crippen molar-refractivity contribution in [2.24, 2.45) is 5.10 Å². The molecular weight excluding hydrogens is 370 g/mol. The summed E-state index contributed by atoms with van der Waals surface area (Å²) in [6.45, 7) is 0. The lowest BCUT2D eigenvalue weighted by molar-refractivity contribution is -0.139. The molecule has 0 amide bonds. The normalized spacial score (nSPS) is 10.7. The second-order valence-corrected chi connectivity index (χ2v) is 5.87. The van der Waals surface area contributed by atoms with Crippen molar-refractivity contribution in [1.29, 1.82) is 0 Å². The van der Waals surface area contributed by atoms with Gasteiger partial charge in [-0.25, -0.2) is 4.98 Å². The van der Waals surface area contributed by atoms with Crippen molar-refractivity contribution in [3.8, 4) is 5.75 Å². The molecule has 2 rings (SSSR count). The number of carbonyl (C=O) groups excluding carboxylic acids is 1. The van der Waals surface area contributed by atoms with Gasteiger partial charge in [-0.3, -0.25) is 10.2 Å². The third kappa shape index (κ3) is 4.54. The number of hydrogen-bond acceptors (Lipinski definition) is 7. The van der Waals surface area contributed by atoms with Gasteiger partial charge in [0, 0.05) is 5.38 Å². The number of rotatable bonds is 6. The lowest BCUT2D eigenvalue weighted by atomic mass is 10.2. The number of aromatic nitrogens is 1. The maximum Gasteiger partial charge on any atom is 0.311 e. The van der Waals surface area contributed by atoms with Gasteiger partial charge in [0.05, 0.1) is 37.0 Å². The molecule has 0 fully saturated rings. The van der Waals surface area contributed by atoms with Gasteiger partial charge in [0.1, 0.15) is 5.75 Å². The second-order valence-electron chi connectivity index (χ2n) is 4.16. The molecule has 1 heterocycles. The minimum Gasteiger partial charge on any atom is -0.496 e. The maximum atomic E-state index is 11.2. The van der Waals surface area contributed by atoms with E-state index >= 15 is 0 Å². The Morgan fingerprint density at radius 1 is 1.50 bits per heavy atom. The Bertz CT molecular complexity index is 688. The van der Waals surface area contributed by atoms with Gasteiger partial charge in [-0.05, 0) is 39.7 Å². The molecule has 8 heteroatoms. The van der Waals surface area contributed by atoms with Gasteiger partial charge in [0.25, 0.3) is 0 Å². The van der Waals surface area contributed by atoms with E-state index in [1.807, 2.05) is 18.2 Å². The minimum absolute atomic E-state index is 0.157. The number of carbonyl (C=O) groups is 1. The van der Waals surface area contributed by atoms with Gasteiger partial charge in [-0.15, -0.1) is 11.3 Å². The molecule has 0 atom stereocenters. The van der Waals surface area contributed by atoms with Gasteiger partial charge in [-0.2, -0.15) is 5.10 Å². The van der Waals surface area contributed by atoms with Crippen molar-refractivity contribution in [3.05, 3.63) is 39.3 Å². The zero-order chi connectivity index (χ0) is 15.9. The molecule has 0 aliphatic carbocycles. The largest absolute Gasteiger partial charge is 0.496 e. The standard InChI is InChI=1S/C14H14BrN3O3S/c1-20-12-4-3-9(5-11(12)15)7-16-18-14-17-10(8-22-14)6-13(19)21-2/h3-5,7-8H,6H2,1-2H3,(H,17,18)/b16-7-. The monoisotopic (exact) mass is 383 g/mol. The number of nitrogens with one attached hydrogen (secondary N) is 1. The topological polar surface area (TPSA) is 72.8 Å². The third-order valence-electron chi connectivity index (χ3n) is 2.65. The molecule has 0 bridgehead atoms. The molecule has 0 saturated heterocycles. The van der Waals surface area contributed by atoms with Crippen molar-refractivity contribution in [1.82, 2.24) is 4.98 Å². The minimum atomic E-state index is -0.316. The highest BCUT2D eigenvalue weighted by atomic mass is 79.9. The number of hydrogen-bond donors (Lipinski definition) is 1. The average Bonchev–Trinajstić information content (AvgIpc) is 2.94. The van der Waals surface area contributed by atoms with Crippen LogP contribution in [-0.4, -0.2) is 31.4 Å². The number of thiazole rings is 1. The van der Waals surface area contributed by atoms with Crippen LogP contribution in [0.1, 0.15) is 11.3 Å². The summed E-state index contributed by atoms with van der Waals surface area (Å²) in [5.41, 5.74) is 4.39. The van der Waals surface area contributed by atoms with Crippen LogP contribution in [0.25, 0.3) is 0 Å². The fourth-order valence-electron chi connectivity index (χ4n) is 1.58. The van der Waals surface area contributed by atoms with E-state index in [4.69, 9.17) is 4.74 Å². The number of hydrazone groups is 1. The van der Waals surface area contributed by atoms with Crippen LogP contribution in [-0.2, 0) is 16.0 Å². The van der Waals surface area contributed by atoms with Gasteiger partial charge in [0.2, 0.25) is 5.13 Å². The molecule has 0 radical (unpaired) electrons. The summed E-state index contributed by atoms with van der Waals surface area (Å²) in [5.74, 6) is 0.445. The molecule has 22 heavy (non-hydrogen) atoms. The number of benzene rings is 1. The van der Waals surface area contributed by atoms with E-state index in [1.165, 1.54) is 18.4 Å². The van der Waals surface area contributed by atoms with E-state index in [0.29, 0.717) is 10.8 Å². The van der Waals surface area contributed by atoms with Crippen LogP contribution in [0.5, 0.6) is 5.75 Å². The summed E-state index contributed by atoms with van der Waals surface area (Å²) in [4.78, 5) is 15.4. The molecule has 0 saturated carbocycles. The van der Waals surface area contributed by atoms with Crippen molar-refractivity contribution >= 4 is 44.6 Å². The molecule has 116 valence electrons. The van der Waals surface area contributed by atoms with E-state index in [0.717, 1.165) is 15.8 Å². The Balaban J connectivity index is 1.95. The summed E-state index contributed by atoms with van der Waals surface area (Å²) in [5, 5.41) is 6.52. The predicted molar refractivity (Wildman–Crippen MR) is 89.7 cm³/mol. The summed E-state index contributed by atoms with van der Waals surface area (Å²) < 4.78 is 10.6. The van der Waals surface area contributed by atoms with Gasteiger partial charge in [0.15, 0.2) is 0 Å². The molecule has 6 nitrogen and oxygen atoms in total. The van der Waals surface area contributed by atoms with Crippen LogP contribution in [0, 0.1) is 0 Å². The number of ether oxygens (including phenoxy) is 2. The third-order valence-corrected chi connectivity index (χ3v) is 4.07. The molecular formula is C14H14BrN3O3S. The first-order valence-corrected chi connectivity index (χ1v) is 7.93. The van der Waals surface area contributed by atoms with Crippen LogP contribution in [0.4, 0.5) is 5.13 Å².